The summed E-state index contributed by atoms with van der Waals surface area (Å²) < 4.78 is 33.6. The maximum atomic E-state index is 12.7. The van der Waals surface area contributed by atoms with Crippen LogP contribution in [0.2, 0.25) is 0 Å². The molecular weight excluding hydrogens is 290 g/mol. The maximum Gasteiger partial charge on any atom is 0.243 e. The molecule has 6 nitrogen and oxygen atoms in total. The average Bonchev–Trinajstić information content (AvgIpc) is 2.93. The topological polar surface area (TPSA) is 97.2 Å². The number of H-pyrrole nitrogens is 1. The maximum absolute atomic E-state index is 12.7. The highest BCUT2D eigenvalue weighted by atomic mass is 32.2. The van der Waals surface area contributed by atoms with Crippen molar-refractivity contribution in [3.05, 3.63) is 24.4 Å². The van der Waals surface area contributed by atoms with Crippen LogP contribution in [0.15, 0.2) is 29.3 Å². The molecule has 1 aromatic carbocycles. The molecule has 0 amide bonds. The number of nitrogens with two attached hydrogens (primary N) is 1. The third kappa shape index (κ3) is 2.41. The highest BCUT2D eigenvalue weighted by molar-refractivity contribution is 7.89. The predicted octanol–water partition coefficient (Wildman–Crippen LogP) is 1.60. The van der Waals surface area contributed by atoms with Crippen LogP contribution in [0.25, 0.3) is 10.9 Å². The molecule has 1 aliphatic heterocycles. The quantitative estimate of drug-likeness (QED) is 0.750. The Hall–Kier alpha value is -1.57. The third-order valence-corrected chi connectivity index (χ3v) is 5.86. The second-order valence-electron chi connectivity index (χ2n) is 5.74. The van der Waals surface area contributed by atoms with E-state index in [2.05, 4.69) is 9.71 Å². The zero-order valence-corrected chi connectivity index (χ0v) is 12.8. The van der Waals surface area contributed by atoms with Crippen LogP contribution in [0, 0.1) is 0 Å². The van der Waals surface area contributed by atoms with E-state index in [0.29, 0.717) is 29.6 Å². The molecule has 1 aromatic heterocycles. The Morgan fingerprint density at radius 1 is 1.48 bits per heavy atom. The van der Waals surface area contributed by atoms with Crippen LogP contribution < -0.4 is 10.5 Å². The van der Waals surface area contributed by atoms with Crippen molar-refractivity contribution in [2.24, 2.45) is 0 Å². The van der Waals surface area contributed by atoms with Crippen molar-refractivity contribution in [3.8, 4) is 0 Å². The largest absolute Gasteiger partial charge is 0.399 e. The van der Waals surface area contributed by atoms with E-state index in [1.54, 1.807) is 18.2 Å². The Balaban J connectivity index is 2.01. The smallest absolute Gasteiger partial charge is 0.243 e. The van der Waals surface area contributed by atoms with E-state index in [-0.39, 0.29) is 11.0 Å². The first-order chi connectivity index (χ1) is 9.82. The first kappa shape index (κ1) is 14.4. The van der Waals surface area contributed by atoms with Gasteiger partial charge in [0.05, 0.1) is 11.6 Å². The van der Waals surface area contributed by atoms with Gasteiger partial charge in [0.15, 0.2) is 0 Å². The van der Waals surface area contributed by atoms with E-state index in [1.165, 1.54) is 6.20 Å². The summed E-state index contributed by atoms with van der Waals surface area (Å²) in [5.41, 5.74) is 6.42. The van der Waals surface area contributed by atoms with Gasteiger partial charge in [-0.25, -0.2) is 13.1 Å². The molecule has 114 valence electrons. The molecule has 4 N–H and O–H groups in total. The minimum Gasteiger partial charge on any atom is -0.399 e. The van der Waals surface area contributed by atoms with Crippen molar-refractivity contribution in [3.63, 3.8) is 0 Å². The van der Waals surface area contributed by atoms with Gasteiger partial charge in [-0.3, -0.25) is 0 Å². The number of aromatic nitrogens is 1. The van der Waals surface area contributed by atoms with Gasteiger partial charge >= 0.3 is 0 Å². The number of anilines is 1. The average molecular weight is 309 g/mol. The van der Waals surface area contributed by atoms with Gasteiger partial charge in [-0.2, -0.15) is 0 Å². The van der Waals surface area contributed by atoms with E-state index in [1.807, 2.05) is 13.8 Å². The van der Waals surface area contributed by atoms with Crippen LogP contribution in [0.5, 0.6) is 0 Å². The van der Waals surface area contributed by atoms with Gasteiger partial charge in [-0.1, -0.05) is 0 Å². The molecule has 0 saturated carbocycles. The van der Waals surface area contributed by atoms with E-state index >= 15 is 0 Å². The lowest BCUT2D eigenvalue weighted by Gasteiger charge is -2.28. The number of aromatic amines is 1. The SMILES string of the molecule is CC1OCCC1(C)NS(=O)(=O)c1c[nH]c2cc(N)ccc12. The summed E-state index contributed by atoms with van der Waals surface area (Å²) in [7, 11) is -3.63. The van der Waals surface area contributed by atoms with Crippen molar-refractivity contribution in [2.45, 2.75) is 36.8 Å². The lowest BCUT2D eigenvalue weighted by molar-refractivity contribution is 0.0957. The number of hydrogen-bond donors (Lipinski definition) is 3. The molecule has 1 fully saturated rings. The molecule has 2 heterocycles. The summed E-state index contributed by atoms with van der Waals surface area (Å²) in [6.07, 6.45) is 1.99. The van der Waals surface area contributed by atoms with Crippen LogP contribution in [0.1, 0.15) is 20.3 Å². The molecular formula is C14H19N3O3S. The van der Waals surface area contributed by atoms with Crippen LogP contribution in [0.3, 0.4) is 0 Å². The van der Waals surface area contributed by atoms with Gasteiger partial charge in [-0.15, -0.1) is 0 Å². The van der Waals surface area contributed by atoms with Crippen LogP contribution in [-0.4, -0.2) is 31.7 Å². The first-order valence-electron chi connectivity index (χ1n) is 6.84. The first-order valence-corrected chi connectivity index (χ1v) is 8.32. The normalized spacial score (nSPS) is 26.5. The van der Waals surface area contributed by atoms with Crippen LogP contribution in [-0.2, 0) is 14.8 Å². The van der Waals surface area contributed by atoms with E-state index < -0.39 is 15.6 Å². The molecule has 21 heavy (non-hydrogen) atoms. The molecule has 1 saturated heterocycles. The Bertz CT molecular complexity index is 784. The van der Waals surface area contributed by atoms with Crippen molar-refractivity contribution >= 4 is 26.6 Å². The molecule has 0 aliphatic carbocycles. The number of rotatable bonds is 3. The molecule has 1 aliphatic rings. The monoisotopic (exact) mass is 309 g/mol. The number of ether oxygens (including phenoxy) is 1. The molecule has 0 spiro atoms. The van der Waals surface area contributed by atoms with Crippen molar-refractivity contribution in [2.75, 3.05) is 12.3 Å². The molecule has 3 rings (SSSR count). The lowest BCUT2D eigenvalue weighted by Crippen LogP contribution is -2.50. The minimum atomic E-state index is -3.63. The zero-order valence-electron chi connectivity index (χ0n) is 12.0. The van der Waals surface area contributed by atoms with Gasteiger partial charge in [-0.05, 0) is 38.5 Å². The zero-order chi connectivity index (χ0) is 15.3. The standard InChI is InChI=1S/C14H19N3O3S/c1-9-14(2,5-6-20-9)17-21(18,19)13-8-16-12-7-10(15)3-4-11(12)13/h3-4,7-9,16-17H,5-6,15H2,1-2H3. The summed E-state index contributed by atoms with van der Waals surface area (Å²) in [6, 6.07) is 5.13. The highest BCUT2D eigenvalue weighted by Crippen LogP contribution is 2.30. The Labute approximate surface area is 123 Å². The van der Waals surface area contributed by atoms with Gasteiger partial charge < -0.3 is 15.5 Å². The van der Waals surface area contributed by atoms with Crippen LogP contribution in [0.4, 0.5) is 5.69 Å². The Kier molecular flexibility index (Phi) is 3.23. The van der Waals surface area contributed by atoms with Gasteiger partial charge in [0.1, 0.15) is 4.90 Å². The van der Waals surface area contributed by atoms with E-state index in [9.17, 15) is 8.42 Å². The molecule has 2 unspecified atom stereocenters. The van der Waals surface area contributed by atoms with Gasteiger partial charge in [0.2, 0.25) is 10.0 Å². The number of hydrogen-bond acceptors (Lipinski definition) is 4. The molecule has 2 aromatic rings. The molecule has 7 heteroatoms. The summed E-state index contributed by atoms with van der Waals surface area (Å²) in [4.78, 5) is 3.19. The fourth-order valence-corrected chi connectivity index (χ4v) is 4.34. The number of nitrogens with one attached hydrogen (secondary N) is 2. The van der Waals surface area contributed by atoms with E-state index in [0.717, 1.165) is 0 Å². The number of sulfonamides is 1. The second kappa shape index (κ2) is 4.72. The van der Waals surface area contributed by atoms with Crippen molar-refractivity contribution < 1.29 is 13.2 Å². The summed E-state index contributed by atoms with van der Waals surface area (Å²) in [6.45, 7) is 4.31. The second-order valence-corrected chi connectivity index (χ2v) is 7.39. The number of fused-ring (bicyclic) bond motifs is 1. The Morgan fingerprint density at radius 2 is 2.24 bits per heavy atom. The van der Waals surface area contributed by atoms with Gasteiger partial charge in [0.25, 0.3) is 0 Å². The number of nitrogen functional groups attached to an aromatic ring is 1. The van der Waals surface area contributed by atoms with Gasteiger partial charge in [0, 0.05) is 29.4 Å². The summed E-state index contributed by atoms with van der Waals surface area (Å²) in [5, 5.41) is 0.631. The predicted molar refractivity (Wildman–Crippen MR) is 81.5 cm³/mol. The molecule has 2 atom stereocenters. The van der Waals surface area contributed by atoms with Crippen LogP contribution >= 0.6 is 0 Å². The number of benzene rings is 1. The highest BCUT2D eigenvalue weighted by Gasteiger charge is 2.41. The summed E-state index contributed by atoms with van der Waals surface area (Å²) >= 11 is 0. The minimum absolute atomic E-state index is 0.159. The summed E-state index contributed by atoms with van der Waals surface area (Å²) in [5.74, 6) is 0. The van der Waals surface area contributed by atoms with E-state index in [4.69, 9.17) is 10.5 Å². The van der Waals surface area contributed by atoms with Crippen molar-refractivity contribution in [1.82, 2.24) is 9.71 Å². The molecule has 0 radical (unpaired) electrons. The third-order valence-electron chi connectivity index (χ3n) is 4.21. The Morgan fingerprint density at radius 3 is 2.90 bits per heavy atom. The van der Waals surface area contributed by atoms with Crippen molar-refractivity contribution in [1.29, 1.82) is 0 Å². The fraction of sp³-hybridized carbons (Fsp3) is 0.429. The lowest BCUT2D eigenvalue weighted by atomic mass is 9.97. The fourth-order valence-electron chi connectivity index (χ4n) is 2.67. The molecule has 0 bridgehead atoms.